The summed E-state index contributed by atoms with van der Waals surface area (Å²) in [5.74, 6) is -0.0900. The number of unbranched alkanes of at least 4 members (excludes halogenated alkanes) is 11. The second kappa shape index (κ2) is 15.5. The van der Waals surface area contributed by atoms with E-state index < -0.39 is 5.97 Å². The van der Waals surface area contributed by atoms with Crippen LogP contribution in [0.2, 0.25) is 0 Å². The van der Waals surface area contributed by atoms with Gasteiger partial charge in [0, 0.05) is 6.42 Å². The molecule has 0 aromatic carbocycles. The van der Waals surface area contributed by atoms with Gasteiger partial charge in [0.05, 0.1) is 0 Å². The Morgan fingerprint density at radius 3 is 2.16 bits per heavy atom. The number of carboxylic acids is 1. The first kappa shape index (κ1) is 22.3. The Balaban J connectivity index is 2.01. The van der Waals surface area contributed by atoms with Crippen molar-refractivity contribution in [3.63, 3.8) is 0 Å². The summed E-state index contributed by atoms with van der Waals surface area (Å²) in [4.78, 5) is 10.8. The van der Waals surface area contributed by atoms with Crippen molar-refractivity contribution in [3.8, 4) is 0 Å². The molecule has 1 saturated carbocycles. The first-order valence-electron chi connectivity index (χ1n) is 11.1. The first-order chi connectivity index (χ1) is 12.2. The van der Waals surface area contributed by atoms with Crippen molar-refractivity contribution in [2.24, 2.45) is 5.92 Å². The molecule has 2 nitrogen and oxygen atoms in total. The average Bonchev–Trinajstić information content (AvgIpc) is 2.61. The zero-order chi connectivity index (χ0) is 18.2. The van der Waals surface area contributed by atoms with Crippen LogP contribution in [-0.2, 0) is 4.79 Å². The molecule has 25 heavy (non-hydrogen) atoms. The van der Waals surface area contributed by atoms with Gasteiger partial charge in [-0.2, -0.15) is 0 Å². The van der Waals surface area contributed by atoms with Crippen LogP contribution < -0.4 is 0 Å². The second-order valence-corrected chi connectivity index (χ2v) is 7.98. The number of rotatable bonds is 15. The summed E-state index contributed by atoms with van der Waals surface area (Å²) < 4.78 is 0. The van der Waals surface area contributed by atoms with Crippen molar-refractivity contribution in [2.45, 2.75) is 122 Å². The molecular formula is C23H42O2. The van der Waals surface area contributed by atoms with Gasteiger partial charge in [0.1, 0.15) is 0 Å². The summed E-state index contributed by atoms with van der Waals surface area (Å²) in [5, 5.41) is 8.90. The van der Waals surface area contributed by atoms with Crippen LogP contribution in [0.3, 0.4) is 0 Å². The molecule has 0 bridgehead atoms. The second-order valence-electron chi connectivity index (χ2n) is 7.98. The number of allylic oxidation sites excluding steroid dienone is 2. The molecule has 0 amide bonds. The van der Waals surface area contributed by atoms with Crippen molar-refractivity contribution < 1.29 is 9.90 Å². The molecule has 1 N–H and O–H groups in total. The fourth-order valence-electron chi connectivity index (χ4n) is 4.10. The highest BCUT2D eigenvalue weighted by atomic mass is 16.4. The van der Waals surface area contributed by atoms with E-state index in [0.717, 1.165) is 6.42 Å². The Bertz CT molecular complexity index is 359. The van der Waals surface area contributed by atoms with Gasteiger partial charge in [-0.25, -0.2) is 0 Å². The molecule has 1 aliphatic rings. The number of aliphatic carboxylic acids is 1. The Morgan fingerprint density at radius 1 is 0.960 bits per heavy atom. The Kier molecular flexibility index (Phi) is 13.8. The van der Waals surface area contributed by atoms with Gasteiger partial charge in [-0.05, 0) is 44.4 Å². The summed E-state index contributed by atoms with van der Waals surface area (Å²) in [7, 11) is 0. The van der Waals surface area contributed by atoms with Crippen LogP contribution in [0.1, 0.15) is 122 Å². The molecule has 0 spiro atoms. The van der Waals surface area contributed by atoms with E-state index in [1.807, 2.05) is 0 Å². The standard InChI is InChI=1S/C23H42O2/c1-2-3-4-5-6-7-8-9-10-11-12-13-16-21-17-14-15-18-22(21)19-20-23(24)25/h16,22H,2-15,17-20H2,1H3,(H,24,25). The molecule has 1 unspecified atom stereocenters. The van der Waals surface area contributed by atoms with Gasteiger partial charge in [0.2, 0.25) is 0 Å². The Hall–Kier alpha value is -0.790. The van der Waals surface area contributed by atoms with Crippen LogP contribution in [0, 0.1) is 5.92 Å². The van der Waals surface area contributed by atoms with E-state index in [4.69, 9.17) is 5.11 Å². The third-order valence-electron chi connectivity index (χ3n) is 5.71. The Labute approximate surface area is 156 Å². The van der Waals surface area contributed by atoms with Crippen LogP contribution in [-0.4, -0.2) is 11.1 Å². The Morgan fingerprint density at radius 2 is 1.56 bits per heavy atom. The summed E-state index contributed by atoms with van der Waals surface area (Å²) in [6.07, 6.45) is 25.2. The summed E-state index contributed by atoms with van der Waals surface area (Å²) in [5.41, 5.74) is 1.57. The highest BCUT2D eigenvalue weighted by molar-refractivity contribution is 5.66. The minimum atomic E-state index is -0.643. The molecule has 1 atom stereocenters. The first-order valence-corrected chi connectivity index (χ1v) is 11.1. The smallest absolute Gasteiger partial charge is 0.303 e. The lowest BCUT2D eigenvalue weighted by Gasteiger charge is -2.25. The van der Waals surface area contributed by atoms with Gasteiger partial charge in [-0.15, -0.1) is 0 Å². The highest BCUT2D eigenvalue weighted by Crippen LogP contribution is 2.33. The van der Waals surface area contributed by atoms with Gasteiger partial charge >= 0.3 is 5.97 Å². The minimum Gasteiger partial charge on any atom is -0.481 e. The van der Waals surface area contributed by atoms with Gasteiger partial charge in [-0.3, -0.25) is 4.79 Å². The van der Waals surface area contributed by atoms with Crippen LogP contribution in [0.4, 0.5) is 0 Å². The van der Waals surface area contributed by atoms with Crippen LogP contribution in [0.15, 0.2) is 11.6 Å². The summed E-state index contributed by atoms with van der Waals surface area (Å²) >= 11 is 0. The van der Waals surface area contributed by atoms with Gasteiger partial charge in [0.15, 0.2) is 0 Å². The highest BCUT2D eigenvalue weighted by Gasteiger charge is 2.19. The maximum atomic E-state index is 10.8. The van der Waals surface area contributed by atoms with Gasteiger partial charge in [0.25, 0.3) is 0 Å². The van der Waals surface area contributed by atoms with E-state index >= 15 is 0 Å². The molecule has 0 saturated heterocycles. The molecular weight excluding hydrogens is 308 g/mol. The lowest BCUT2D eigenvalue weighted by atomic mass is 9.81. The maximum Gasteiger partial charge on any atom is 0.303 e. The molecule has 2 heteroatoms. The topological polar surface area (TPSA) is 37.3 Å². The van der Waals surface area contributed by atoms with Gasteiger partial charge in [-0.1, -0.05) is 89.2 Å². The molecule has 0 radical (unpaired) electrons. The predicted octanol–water partition coefficient (Wildman–Crippen LogP) is 7.67. The van der Waals surface area contributed by atoms with E-state index in [1.54, 1.807) is 5.57 Å². The van der Waals surface area contributed by atoms with E-state index in [-0.39, 0.29) is 0 Å². The van der Waals surface area contributed by atoms with Crippen molar-refractivity contribution in [3.05, 3.63) is 11.6 Å². The normalized spacial score (nSPS) is 19.4. The van der Waals surface area contributed by atoms with E-state index in [9.17, 15) is 4.79 Å². The molecule has 1 fully saturated rings. The molecule has 0 aromatic heterocycles. The predicted molar refractivity (Wildman–Crippen MR) is 108 cm³/mol. The van der Waals surface area contributed by atoms with E-state index in [1.165, 1.54) is 103 Å². The minimum absolute atomic E-state index is 0.334. The number of carbonyl (C=O) groups is 1. The van der Waals surface area contributed by atoms with Crippen LogP contribution in [0.5, 0.6) is 0 Å². The van der Waals surface area contributed by atoms with E-state index in [0.29, 0.717) is 12.3 Å². The zero-order valence-electron chi connectivity index (χ0n) is 16.7. The third kappa shape index (κ3) is 12.2. The SMILES string of the molecule is CCCCCCCCCCCCCC=C1CCCCC1CCC(=O)O. The lowest BCUT2D eigenvalue weighted by Crippen LogP contribution is -2.12. The number of carboxylic acid groups (broad SMARTS) is 1. The third-order valence-corrected chi connectivity index (χ3v) is 5.71. The molecule has 1 aliphatic carbocycles. The van der Waals surface area contributed by atoms with Gasteiger partial charge < -0.3 is 5.11 Å². The monoisotopic (exact) mass is 350 g/mol. The molecule has 0 aliphatic heterocycles. The van der Waals surface area contributed by atoms with Crippen molar-refractivity contribution in [1.29, 1.82) is 0 Å². The summed E-state index contributed by atoms with van der Waals surface area (Å²) in [6.45, 7) is 2.28. The fourth-order valence-corrected chi connectivity index (χ4v) is 4.10. The average molecular weight is 351 g/mol. The zero-order valence-corrected chi connectivity index (χ0v) is 16.7. The number of hydrogen-bond donors (Lipinski definition) is 1. The lowest BCUT2D eigenvalue weighted by molar-refractivity contribution is -0.137. The quantitative estimate of drug-likeness (QED) is 0.243. The van der Waals surface area contributed by atoms with Crippen LogP contribution in [0.25, 0.3) is 0 Å². The number of hydrogen-bond acceptors (Lipinski definition) is 1. The van der Waals surface area contributed by atoms with Crippen molar-refractivity contribution in [2.75, 3.05) is 0 Å². The summed E-state index contributed by atoms with van der Waals surface area (Å²) in [6, 6.07) is 0. The van der Waals surface area contributed by atoms with Crippen LogP contribution >= 0.6 is 0 Å². The van der Waals surface area contributed by atoms with E-state index in [2.05, 4.69) is 13.0 Å². The largest absolute Gasteiger partial charge is 0.481 e. The molecule has 1 rings (SSSR count). The molecule has 0 aromatic rings. The molecule has 146 valence electrons. The fraction of sp³-hybridized carbons (Fsp3) is 0.870. The van der Waals surface area contributed by atoms with Crippen molar-refractivity contribution in [1.82, 2.24) is 0 Å². The maximum absolute atomic E-state index is 10.8. The molecule has 0 heterocycles. The van der Waals surface area contributed by atoms with Crippen molar-refractivity contribution >= 4 is 5.97 Å².